The Hall–Kier alpha value is -4.07. The average molecular weight is 447 g/mol. The van der Waals surface area contributed by atoms with Crippen LogP contribution in [0.5, 0.6) is 17.2 Å². The maximum absolute atomic E-state index is 12.9. The van der Waals surface area contributed by atoms with Crippen LogP contribution in [0.3, 0.4) is 0 Å². The van der Waals surface area contributed by atoms with Gasteiger partial charge in [-0.2, -0.15) is 0 Å². The van der Waals surface area contributed by atoms with Gasteiger partial charge in [-0.1, -0.05) is 18.2 Å². The van der Waals surface area contributed by atoms with Crippen molar-refractivity contribution in [1.29, 1.82) is 0 Å². The van der Waals surface area contributed by atoms with E-state index in [2.05, 4.69) is 4.98 Å². The first kappa shape index (κ1) is 22.1. The van der Waals surface area contributed by atoms with E-state index in [4.69, 9.17) is 9.47 Å². The highest BCUT2D eigenvalue weighted by Crippen LogP contribution is 2.25. The summed E-state index contributed by atoms with van der Waals surface area (Å²) in [5.74, 6) is 2.75. The summed E-state index contributed by atoms with van der Waals surface area (Å²) in [6.07, 6.45) is 3.72. The zero-order valence-corrected chi connectivity index (χ0v) is 19.1. The van der Waals surface area contributed by atoms with E-state index >= 15 is 0 Å². The summed E-state index contributed by atoms with van der Waals surface area (Å²) < 4.78 is 15.6. The molecule has 2 aromatic carbocycles. The number of hydrogen-bond acceptors (Lipinski definition) is 5. The van der Waals surface area contributed by atoms with E-state index in [9.17, 15) is 9.59 Å². The topological polar surface area (TPSA) is 80.3 Å². The molecule has 0 radical (unpaired) electrons. The molecule has 0 N–H and O–H groups in total. The minimum Gasteiger partial charge on any atom is -0.497 e. The van der Waals surface area contributed by atoms with Crippen LogP contribution < -0.4 is 20.7 Å². The number of nitrogens with zero attached hydrogens (tertiary/aromatic N) is 4. The molecule has 33 heavy (non-hydrogen) atoms. The second kappa shape index (κ2) is 9.20. The van der Waals surface area contributed by atoms with Gasteiger partial charge in [-0.05, 0) is 61.9 Å². The molecule has 8 heteroatoms. The summed E-state index contributed by atoms with van der Waals surface area (Å²) in [6.45, 7) is 4.39. The van der Waals surface area contributed by atoms with Crippen LogP contribution in [0.4, 0.5) is 0 Å². The van der Waals surface area contributed by atoms with Gasteiger partial charge in [0.2, 0.25) is 0 Å². The SMILES string of the molecule is CCn1c(=O)c2c(nc(C=Cc3cccc(Oc4ccc(OC)cc4)c3)n2C)n(CC)c1=O. The number of methoxy groups -OCH3 is 1. The molecule has 0 saturated heterocycles. The second-order valence-corrected chi connectivity index (χ2v) is 7.46. The molecule has 0 atom stereocenters. The van der Waals surface area contributed by atoms with Crippen molar-refractivity contribution in [2.24, 2.45) is 7.05 Å². The molecule has 0 fully saturated rings. The van der Waals surface area contributed by atoms with Crippen LogP contribution in [0, 0.1) is 0 Å². The fraction of sp³-hybridized carbons (Fsp3) is 0.240. The first-order chi connectivity index (χ1) is 16.0. The van der Waals surface area contributed by atoms with Crippen molar-refractivity contribution < 1.29 is 9.47 Å². The van der Waals surface area contributed by atoms with Gasteiger partial charge < -0.3 is 14.0 Å². The Bertz CT molecular complexity index is 1440. The minimum absolute atomic E-state index is 0.310. The summed E-state index contributed by atoms with van der Waals surface area (Å²) in [7, 11) is 3.40. The van der Waals surface area contributed by atoms with Gasteiger partial charge in [-0.3, -0.25) is 13.9 Å². The first-order valence-electron chi connectivity index (χ1n) is 10.8. The number of rotatable bonds is 7. The predicted octanol–water partition coefficient (Wildman–Crippen LogP) is 3.91. The third-order valence-corrected chi connectivity index (χ3v) is 5.49. The van der Waals surface area contributed by atoms with Gasteiger partial charge in [0.25, 0.3) is 5.56 Å². The number of hydrogen-bond donors (Lipinski definition) is 0. The lowest BCUT2D eigenvalue weighted by atomic mass is 10.2. The average Bonchev–Trinajstić information content (AvgIpc) is 3.15. The van der Waals surface area contributed by atoms with Gasteiger partial charge in [0, 0.05) is 20.1 Å². The maximum Gasteiger partial charge on any atom is 0.332 e. The number of ether oxygens (including phenoxy) is 2. The molecule has 0 aliphatic carbocycles. The third kappa shape index (κ3) is 4.19. The Balaban J connectivity index is 1.66. The van der Waals surface area contributed by atoms with Crippen molar-refractivity contribution >= 4 is 23.3 Å². The van der Waals surface area contributed by atoms with Gasteiger partial charge in [0.05, 0.1) is 7.11 Å². The minimum atomic E-state index is -0.338. The summed E-state index contributed by atoms with van der Waals surface area (Å²) in [5.41, 5.74) is 1.05. The third-order valence-electron chi connectivity index (χ3n) is 5.49. The lowest BCUT2D eigenvalue weighted by Crippen LogP contribution is -2.39. The Labute approximate surface area is 191 Å². The van der Waals surface area contributed by atoms with Crippen LogP contribution in [-0.2, 0) is 20.1 Å². The molecule has 0 spiro atoms. The molecule has 2 aromatic heterocycles. The lowest BCUT2D eigenvalue weighted by Gasteiger charge is -2.08. The van der Waals surface area contributed by atoms with Crippen molar-refractivity contribution in [2.75, 3.05) is 7.11 Å². The molecule has 8 nitrogen and oxygen atoms in total. The van der Waals surface area contributed by atoms with E-state index in [0.29, 0.717) is 41.6 Å². The molecule has 0 unspecified atom stereocenters. The monoisotopic (exact) mass is 446 g/mol. The van der Waals surface area contributed by atoms with Crippen LogP contribution >= 0.6 is 0 Å². The highest BCUT2D eigenvalue weighted by molar-refractivity contribution is 5.76. The quantitative estimate of drug-likeness (QED) is 0.430. The number of aromatic nitrogens is 4. The maximum atomic E-state index is 12.9. The van der Waals surface area contributed by atoms with Gasteiger partial charge in [-0.25, -0.2) is 9.78 Å². The predicted molar refractivity (Wildman–Crippen MR) is 129 cm³/mol. The summed E-state index contributed by atoms with van der Waals surface area (Å²) in [4.78, 5) is 30.1. The van der Waals surface area contributed by atoms with E-state index in [1.54, 1.807) is 25.6 Å². The summed E-state index contributed by atoms with van der Waals surface area (Å²) in [5, 5.41) is 0. The van der Waals surface area contributed by atoms with Crippen molar-refractivity contribution in [3.8, 4) is 17.2 Å². The first-order valence-corrected chi connectivity index (χ1v) is 10.8. The van der Waals surface area contributed by atoms with Gasteiger partial charge in [0.1, 0.15) is 23.1 Å². The normalized spacial score (nSPS) is 11.4. The van der Waals surface area contributed by atoms with Crippen molar-refractivity contribution in [3.05, 3.63) is 80.8 Å². The highest BCUT2D eigenvalue weighted by atomic mass is 16.5. The van der Waals surface area contributed by atoms with Gasteiger partial charge in [0.15, 0.2) is 11.2 Å². The number of fused-ring (bicyclic) bond motifs is 1. The molecule has 0 bridgehead atoms. The van der Waals surface area contributed by atoms with Crippen LogP contribution in [0.1, 0.15) is 25.2 Å². The molecule has 4 aromatic rings. The van der Waals surface area contributed by atoms with Crippen LogP contribution in [0.2, 0.25) is 0 Å². The van der Waals surface area contributed by atoms with Crippen LogP contribution in [0.25, 0.3) is 23.3 Å². The van der Waals surface area contributed by atoms with E-state index in [1.165, 1.54) is 9.13 Å². The highest BCUT2D eigenvalue weighted by Gasteiger charge is 2.17. The molecule has 170 valence electrons. The molecule has 4 rings (SSSR count). The molecular weight excluding hydrogens is 420 g/mol. The van der Waals surface area contributed by atoms with Crippen molar-refractivity contribution in [2.45, 2.75) is 26.9 Å². The molecular formula is C25H26N4O4. The molecule has 0 amide bonds. The standard InChI is InChI=1S/C25H26N4O4/c1-5-28-23-22(24(30)29(6-2)25(28)31)27(3)21(26-23)15-10-17-8-7-9-20(16-17)33-19-13-11-18(32-4)12-14-19/h7-16H,5-6H2,1-4H3. The number of imidazole rings is 1. The number of benzene rings is 2. The van der Waals surface area contributed by atoms with Gasteiger partial charge in [-0.15, -0.1) is 0 Å². The summed E-state index contributed by atoms with van der Waals surface area (Å²) in [6, 6.07) is 15.0. The molecule has 0 saturated carbocycles. The second-order valence-electron chi connectivity index (χ2n) is 7.46. The molecule has 0 aliphatic rings. The summed E-state index contributed by atoms with van der Waals surface area (Å²) >= 11 is 0. The Morgan fingerprint density at radius 3 is 2.27 bits per heavy atom. The Morgan fingerprint density at radius 2 is 1.61 bits per heavy atom. The van der Waals surface area contributed by atoms with E-state index < -0.39 is 0 Å². The molecule has 2 heterocycles. The van der Waals surface area contributed by atoms with E-state index in [0.717, 1.165) is 11.3 Å². The van der Waals surface area contributed by atoms with Crippen molar-refractivity contribution in [1.82, 2.24) is 18.7 Å². The van der Waals surface area contributed by atoms with E-state index in [1.807, 2.05) is 67.6 Å². The fourth-order valence-electron chi connectivity index (χ4n) is 3.72. The van der Waals surface area contributed by atoms with Crippen molar-refractivity contribution in [3.63, 3.8) is 0 Å². The Morgan fingerprint density at radius 1 is 0.909 bits per heavy atom. The largest absolute Gasteiger partial charge is 0.497 e. The zero-order valence-electron chi connectivity index (χ0n) is 19.1. The lowest BCUT2D eigenvalue weighted by molar-refractivity contribution is 0.413. The van der Waals surface area contributed by atoms with E-state index in [-0.39, 0.29) is 11.2 Å². The van der Waals surface area contributed by atoms with Gasteiger partial charge >= 0.3 is 5.69 Å². The van der Waals surface area contributed by atoms with Crippen LogP contribution in [-0.4, -0.2) is 25.8 Å². The smallest absolute Gasteiger partial charge is 0.332 e. The van der Waals surface area contributed by atoms with Crippen LogP contribution in [0.15, 0.2) is 58.1 Å². The fourth-order valence-corrected chi connectivity index (χ4v) is 3.72. The number of aryl methyl sites for hydroxylation is 2. The Kier molecular flexibility index (Phi) is 6.17. The zero-order chi connectivity index (χ0) is 23.5. The molecule has 0 aliphatic heterocycles.